The summed E-state index contributed by atoms with van der Waals surface area (Å²) in [6.07, 6.45) is -1.60. The number of hydrogen-bond acceptors (Lipinski definition) is 2. The molecule has 1 saturated heterocycles. The predicted octanol–water partition coefficient (Wildman–Crippen LogP) is 2.59. The van der Waals surface area contributed by atoms with E-state index >= 15 is 0 Å². The third-order valence-electron chi connectivity index (χ3n) is 4.86. The van der Waals surface area contributed by atoms with Gasteiger partial charge >= 0.3 is 6.18 Å². The predicted molar refractivity (Wildman–Crippen MR) is 81.1 cm³/mol. The zero-order valence-electron chi connectivity index (χ0n) is 13.0. The third kappa shape index (κ3) is 3.55. The van der Waals surface area contributed by atoms with E-state index in [2.05, 4.69) is 10.6 Å². The molecule has 2 aliphatic rings. The van der Waals surface area contributed by atoms with Crippen LogP contribution in [-0.2, 0) is 15.8 Å². The molecule has 1 aromatic carbocycles. The van der Waals surface area contributed by atoms with E-state index in [0.29, 0.717) is 6.54 Å². The molecule has 4 nitrogen and oxygen atoms in total. The molecule has 24 heavy (non-hydrogen) atoms. The summed E-state index contributed by atoms with van der Waals surface area (Å²) in [6.45, 7) is 0.350. The number of alkyl halides is 3. The smallest absolute Gasteiger partial charge is 0.355 e. The van der Waals surface area contributed by atoms with Crippen LogP contribution in [-0.4, -0.2) is 24.4 Å². The van der Waals surface area contributed by atoms with Gasteiger partial charge in [-0.2, -0.15) is 13.2 Å². The van der Waals surface area contributed by atoms with Crippen molar-refractivity contribution >= 4 is 11.8 Å². The summed E-state index contributed by atoms with van der Waals surface area (Å²) in [4.78, 5) is 23.5. The number of hydrogen-bond donors (Lipinski definition) is 2. The summed E-state index contributed by atoms with van der Waals surface area (Å²) in [6, 6.07) is 5.08. The van der Waals surface area contributed by atoms with Crippen molar-refractivity contribution in [2.24, 2.45) is 5.92 Å². The van der Waals surface area contributed by atoms with Gasteiger partial charge in [0, 0.05) is 24.9 Å². The second-order valence-electron chi connectivity index (χ2n) is 6.48. The van der Waals surface area contributed by atoms with E-state index in [9.17, 15) is 22.8 Å². The Balaban J connectivity index is 1.67. The Morgan fingerprint density at radius 2 is 1.88 bits per heavy atom. The van der Waals surface area contributed by atoms with Crippen molar-refractivity contribution in [3.8, 4) is 0 Å². The van der Waals surface area contributed by atoms with Crippen LogP contribution >= 0.6 is 0 Å². The lowest BCUT2D eigenvalue weighted by Gasteiger charge is -2.23. The minimum atomic E-state index is -4.34. The van der Waals surface area contributed by atoms with E-state index < -0.39 is 11.7 Å². The van der Waals surface area contributed by atoms with Crippen LogP contribution in [0.5, 0.6) is 0 Å². The monoisotopic (exact) mass is 340 g/mol. The van der Waals surface area contributed by atoms with Crippen LogP contribution in [0.1, 0.15) is 42.7 Å². The second-order valence-corrected chi connectivity index (χ2v) is 6.48. The van der Waals surface area contributed by atoms with Crippen LogP contribution in [0, 0.1) is 5.92 Å². The minimum absolute atomic E-state index is 0.0151. The highest BCUT2D eigenvalue weighted by Crippen LogP contribution is 2.36. The molecule has 130 valence electrons. The van der Waals surface area contributed by atoms with E-state index in [1.165, 1.54) is 12.1 Å². The molecule has 3 rings (SSSR count). The van der Waals surface area contributed by atoms with Gasteiger partial charge in [-0.15, -0.1) is 0 Å². The van der Waals surface area contributed by atoms with Gasteiger partial charge in [-0.3, -0.25) is 9.59 Å². The largest absolute Gasteiger partial charge is 0.416 e. The first-order chi connectivity index (χ1) is 11.3. The summed E-state index contributed by atoms with van der Waals surface area (Å²) >= 11 is 0. The summed E-state index contributed by atoms with van der Waals surface area (Å²) in [5.74, 6) is -0.620. The molecule has 1 aromatic rings. The molecule has 2 amide bonds. The van der Waals surface area contributed by atoms with Crippen molar-refractivity contribution in [3.63, 3.8) is 0 Å². The average Bonchev–Trinajstić information content (AvgIpc) is 3.15. The second kappa shape index (κ2) is 6.45. The summed E-state index contributed by atoms with van der Waals surface area (Å²) in [7, 11) is 0. The fourth-order valence-corrected chi connectivity index (χ4v) is 3.54. The van der Waals surface area contributed by atoms with E-state index in [0.717, 1.165) is 37.0 Å². The number of benzene rings is 1. The van der Waals surface area contributed by atoms with Crippen molar-refractivity contribution in [1.29, 1.82) is 0 Å². The van der Waals surface area contributed by atoms with Gasteiger partial charge in [-0.1, -0.05) is 18.6 Å². The van der Waals surface area contributed by atoms with Crippen LogP contribution < -0.4 is 10.6 Å². The van der Waals surface area contributed by atoms with Crippen molar-refractivity contribution in [3.05, 3.63) is 35.4 Å². The standard InChI is InChI=1S/C17H19F3N2O2/c18-17(19,20)12-6-4-10(5-7-12)13-2-1-3-14(13)22-16(24)11-8-15(23)21-9-11/h4-7,11,13-14H,1-3,8-9H2,(H,21,23)(H,22,24). The van der Waals surface area contributed by atoms with E-state index in [1.807, 2.05) is 0 Å². The Morgan fingerprint density at radius 3 is 2.46 bits per heavy atom. The van der Waals surface area contributed by atoms with Crippen LogP contribution in [0.15, 0.2) is 24.3 Å². The Labute approximate surface area is 137 Å². The van der Waals surface area contributed by atoms with Gasteiger partial charge in [0.05, 0.1) is 11.5 Å². The molecule has 1 saturated carbocycles. The molecular weight excluding hydrogens is 321 g/mol. The molecule has 2 N–H and O–H groups in total. The highest BCUT2D eigenvalue weighted by atomic mass is 19.4. The molecule has 0 bridgehead atoms. The normalized spacial score (nSPS) is 27.1. The number of rotatable bonds is 3. The Bertz CT molecular complexity index is 628. The molecule has 0 spiro atoms. The van der Waals surface area contributed by atoms with Gasteiger partial charge in [-0.25, -0.2) is 0 Å². The molecule has 7 heteroatoms. The first-order valence-electron chi connectivity index (χ1n) is 8.09. The highest BCUT2D eigenvalue weighted by molar-refractivity contribution is 5.89. The Morgan fingerprint density at radius 1 is 1.17 bits per heavy atom. The van der Waals surface area contributed by atoms with Crippen molar-refractivity contribution < 1.29 is 22.8 Å². The number of halogens is 3. The lowest BCUT2D eigenvalue weighted by molar-refractivity contribution is -0.137. The maximum absolute atomic E-state index is 12.7. The molecule has 0 radical (unpaired) electrons. The average molecular weight is 340 g/mol. The fourth-order valence-electron chi connectivity index (χ4n) is 3.54. The van der Waals surface area contributed by atoms with Crippen molar-refractivity contribution in [2.45, 2.75) is 43.8 Å². The first kappa shape index (κ1) is 16.8. The number of carbonyl (C=O) groups excluding carboxylic acids is 2. The Kier molecular flexibility index (Phi) is 4.51. The summed E-state index contributed by atoms with van der Waals surface area (Å²) < 4.78 is 38.0. The van der Waals surface area contributed by atoms with E-state index in [4.69, 9.17) is 0 Å². The highest BCUT2D eigenvalue weighted by Gasteiger charge is 2.35. The maximum Gasteiger partial charge on any atom is 0.416 e. The fraction of sp³-hybridized carbons (Fsp3) is 0.529. The number of carbonyl (C=O) groups is 2. The van der Waals surface area contributed by atoms with Gasteiger partial charge in [0.15, 0.2) is 0 Å². The molecule has 2 fully saturated rings. The van der Waals surface area contributed by atoms with Crippen molar-refractivity contribution in [1.82, 2.24) is 10.6 Å². The van der Waals surface area contributed by atoms with Gasteiger partial charge in [0.2, 0.25) is 11.8 Å². The molecule has 3 atom stereocenters. The van der Waals surface area contributed by atoms with Crippen LogP contribution in [0.2, 0.25) is 0 Å². The third-order valence-corrected chi connectivity index (χ3v) is 4.86. The zero-order valence-corrected chi connectivity index (χ0v) is 13.0. The topological polar surface area (TPSA) is 58.2 Å². The Hall–Kier alpha value is -2.05. The molecule has 1 aliphatic heterocycles. The lowest BCUT2D eigenvalue weighted by atomic mass is 9.92. The van der Waals surface area contributed by atoms with E-state index in [1.54, 1.807) is 0 Å². The van der Waals surface area contributed by atoms with Gasteiger partial charge in [0.25, 0.3) is 0 Å². The minimum Gasteiger partial charge on any atom is -0.355 e. The molecular formula is C17H19F3N2O2. The summed E-state index contributed by atoms with van der Waals surface area (Å²) in [5, 5.41) is 5.61. The lowest BCUT2D eigenvalue weighted by Crippen LogP contribution is -2.40. The first-order valence-corrected chi connectivity index (χ1v) is 8.09. The van der Waals surface area contributed by atoms with E-state index in [-0.39, 0.29) is 36.1 Å². The van der Waals surface area contributed by atoms with Crippen LogP contribution in [0.4, 0.5) is 13.2 Å². The quantitative estimate of drug-likeness (QED) is 0.889. The van der Waals surface area contributed by atoms with Gasteiger partial charge < -0.3 is 10.6 Å². The molecule has 0 aromatic heterocycles. The van der Waals surface area contributed by atoms with Crippen LogP contribution in [0.25, 0.3) is 0 Å². The molecule has 3 unspecified atom stereocenters. The SMILES string of the molecule is O=C1CC(C(=O)NC2CCCC2c2ccc(C(F)(F)F)cc2)CN1. The molecule has 1 aliphatic carbocycles. The maximum atomic E-state index is 12.7. The number of nitrogens with one attached hydrogen (secondary N) is 2. The molecule has 1 heterocycles. The van der Waals surface area contributed by atoms with Crippen molar-refractivity contribution in [2.75, 3.05) is 6.54 Å². The van der Waals surface area contributed by atoms with Crippen LogP contribution in [0.3, 0.4) is 0 Å². The number of amides is 2. The van der Waals surface area contributed by atoms with Gasteiger partial charge in [-0.05, 0) is 30.5 Å². The zero-order chi connectivity index (χ0) is 17.3. The summed E-state index contributed by atoms with van der Waals surface area (Å²) in [5.41, 5.74) is 0.145. The van der Waals surface area contributed by atoms with Gasteiger partial charge in [0.1, 0.15) is 0 Å².